The highest BCUT2D eigenvalue weighted by atomic mass is 35.5. The highest BCUT2D eigenvalue weighted by molar-refractivity contribution is 6.31. The first-order valence-electron chi connectivity index (χ1n) is 8.40. The van der Waals surface area contributed by atoms with Crippen LogP contribution in [0.25, 0.3) is 0 Å². The van der Waals surface area contributed by atoms with Crippen LogP contribution in [-0.2, 0) is 14.4 Å². The molecule has 1 aliphatic heterocycles. The first-order valence-corrected chi connectivity index (χ1v) is 8.78. The Hall–Kier alpha value is -2.61. The summed E-state index contributed by atoms with van der Waals surface area (Å²) in [7, 11) is 0. The topological polar surface area (TPSA) is 115 Å². The van der Waals surface area contributed by atoms with Crippen LogP contribution in [0, 0.1) is 5.92 Å². The number of carboxylic acids is 2. The first-order chi connectivity index (χ1) is 12.6. The zero-order valence-electron chi connectivity index (χ0n) is 15.2. The maximum absolute atomic E-state index is 12.4. The van der Waals surface area contributed by atoms with Crippen molar-refractivity contribution in [2.24, 2.45) is 5.92 Å². The number of hydrogen-bond acceptors (Lipinski definition) is 4. The van der Waals surface area contributed by atoms with E-state index in [1.807, 2.05) is 18.7 Å². The zero-order chi connectivity index (χ0) is 20.6. The summed E-state index contributed by atoms with van der Waals surface area (Å²) in [6.45, 7) is 6.45. The fourth-order valence-electron chi connectivity index (χ4n) is 2.44. The van der Waals surface area contributed by atoms with E-state index in [1.165, 1.54) is 0 Å². The van der Waals surface area contributed by atoms with Gasteiger partial charge in [0, 0.05) is 43.2 Å². The number of rotatable bonds is 3. The van der Waals surface area contributed by atoms with E-state index in [1.54, 1.807) is 29.2 Å². The van der Waals surface area contributed by atoms with Crippen molar-refractivity contribution in [3.63, 3.8) is 0 Å². The third-order valence-corrected chi connectivity index (χ3v) is 3.99. The molecule has 0 unspecified atom stereocenters. The minimum absolute atomic E-state index is 0.0199. The second-order valence-corrected chi connectivity index (χ2v) is 6.83. The molecule has 1 aromatic carbocycles. The molecule has 1 heterocycles. The van der Waals surface area contributed by atoms with Gasteiger partial charge in [-0.05, 0) is 24.1 Å². The third-order valence-electron chi connectivity index (χ3n) is 3.76. The van der Waals surface area contributed by atoms with Gasteiger partial charge in [-0.15, -0.1) is 0 Å². The van der Waals surface area contributed by atoms with Gasteiger partial charge in [0.2, 0.25) is 5.91 Å². The predicted octanol–water partition coefficient (Wildman–Crippen LogP) is 1.83. The number of aliphatic carboxylic acids is 2. The van der Waals surface area contributed by atoms with Crippen LogP contribution in [0.5, 0.6) is 0 Å². The molecule has 1 fully saturated rings. The molecule has 8 nitrogen and oxygen atoms in total. The molecule has 148 valence electrons. The number of amides is 2. The van der Waals surface area contributed by atoms with Crippen molar-refractivity contribution in [3.05, 3.63) is 34.9 Å². The summed E-state index contributed by atoms with van der Waals surface area (Å²) < 4.78 is 0. The summed E-state index contributed by atoms with van der Waals surface area (Å²) in [5.74, 6) is -3.12. The molecule has 0 aliphatic carbocycles. The zero-order valence-corrected chi connectivity index (χ0v) is 16.0. The molecule has 1 aliphatic rings. The average molecular weight is 399 g/mol. The summed E-state index contributed by atoms with van der Waals surface area (Å²) in [4.78, 5) is 46.2. The number of carbonyl (C=O) groups excluding carboxylic acids is 2. The second-order valence-electron chi connectivity index (χ2n) is 6.39. The van der Waals surface area contributed by atoms with E-state index in [2.05, 4.69) is 0 Å². The molecule has 2 rings (SSSR count). The molecule has 9 heteroatoms. The van der Waals surface area contributed by atoms with E-state index < -0.39 is 11.9 Å². The van der Waals surface area contributed by atoms with Crippen LogP contribution in [0.2, 0.25) is 5.02 Å². The van der Waals surface area contributed by atoms with E-state index in [4.69, 9.17) is 31.4 Å². The minimum Gasteiger partial charge on any atom is -0.473 e. The van der Waals surface area contributed by atoms with Crippen molar-refractivity contribution in [3.8, 4) is 0 Å². The predicted molar refractivity (Wildman–Crippen MR) is 98.7 cm³/mol. The van der Waals surface area contributed by atoms with E-state index in [0.717, 1.165) is 0 Å². The third kappa shape index (κ3) is 7.65. The van der Waals surface area contributed by atoms with Gasteiger partial charge in [0.05, 0.1) is 0 Å². The Labute approximate surface area is 162 Å². The Bertz CT molecular complexity index is 687. The summed E-state index contributed by atoms with van der Waals surface area (Å²) in [6, 6.07) is 6.98. The summed E-state index contributed by atoms with van der Waals surface area (Å²) in [5.41, 5.74) is 0.601. The number of carboxylic acid groups (broad SMARTS) is 2. The smallest absolute Gasteiger partial charge is 0.414 e. The van der Waals surface area contributed by atoms with E-state index in [9.17, 15) is 9.59 Å². The standard InChI is InChI=1S/C16H21ClN2O2.C2H2O4/c1-12(2)10-15(20)18-6-8-19(9-7-18)16(21)13-4-3-5-14(17)11-13;3-1(4)2(5)6/h3-5,11-12H,6-10H2,1-2H3;(H,3,4)(H,5,6). The van der Waals surface area contributed by atoms with Crippen LogP contribution in [-0.4, -0.2) is 69.9 Å². The van der Waals surface area contributed by atoms with Crippen molar-refractivity contribution >= 4 is 35.4 Å². The normalized spacial score (nSPS) is 13.6. The van der Waals surface area contributed by atoms with Crippen molar-refractivity contribution < 1.29 is 29.4 Å². The van der Waals surface area contributed by atoms with Gasteiger partial charge >= 0.3 is 11.9 Å². The fraction of sp³-hybridized carbons (Fsp3) is 0.444. The van der Waals surface area contributed by atoms with Crippen LogP contribution in [0.4, 0.5) is 0 Å². The molecular weight excluding hydrogens is 376 g/mol. The Balaban J connectivity index is 0.000000527. The Kier molecular flexibility index (Phi) is 8.74. The Morgan fingerprint density at radius 1 is 1.00 bits per heavy atom. The highest BCUT2D eigenvalue weighted by Crippen LogP contribution is 2.15. The molecule has 0 atom stereocenters. The molecule has 2 amide bonds. The van der Waals surface area contributed by atoms with Crippen LogP contribution in [0.3, 0.4) is 0 Å². The average Bonchev–Trinajstić information content (AvgIpc) is 2.61. The van der Waals surface area contributed by atoms with Crippen LogP contribution >= 0.6 is 11.6 Å². The van der Waals surface area contributed by atoms with Crippen LogP contribution in [0.15, 0.2) is 24.3 Å². The van der Waals surface area contributed by atoms with Gasteiger partial charge in [-0.2, -0.15) is 0 Å². The molecule has 0 radical (unpaired) electrons. The lowest BCUT2D eigenvalue weighted by Crippen LogP contribution is -2.50. The number of piperazine rings is 1. The van der Waals surface area contributed by atoms with Gasteiger partial charge in [0.1, 0.15) is 0 Å². The van der Waals surface area contributed by atoms with Gasteiger partial charge in [-0.3, -0.25) is 9.59 Å². The molecule has 2 N–H and O–H groups in total. The van der Waals surface area contributed by atoms with Crippen molar-refractivity contribution in [1.29, 1.82) is 0 Å². The molecule has 1 saturated heterocycles. The second kappa shape index (κ2) is 10.5. The lowest BCUT2D eigenvalue weighted by atomic mass is 10.1. The van der Waals surface area contributed by atoms with Crippen molar-refractivity contribution in [2.75, 3.05) is 26.2 Å². The number of halogens is 1. The van der Waals surface area contributed by atoms with Crippen molar-refractivity contribution in [2.45, 2.75) is 20.3 Å². The highest BCUT2D eigenvalue weighted by Gasteiger charge is 2.25. The monoisotopic (exact) mass is 398 g/mol. The lowest BCUT2D eigenvalue weighted by molar-refractivity contribution is -0.159. The number of benzene rings is 1. The number of nitrogens with zero attached hydrogens (tertiary/aromatic N) is 2. The molecule has 0 saturated carbocycles. The molecular formula is C18H23ClN2O6. The van der Waals surface area contributed by atoms with Crippen LogP contribution < -0.4 is 0 Å². The van der Waals surface area contributed by atoms with Crippen molar-refractivity contribution in [1.82, 2.24) is 9.80 Å². The van der Waals surface area contributed by atoms with Gasteiger partial charge in [-0.25, -0.2) is 9.59 Å². The quantitative estimate of drug-likeness (QED) is 0.750. The van der Waals surface area contributed by atoms with Gasteiger partial charge in [0.15, 0.2) is 0 Å². The SMILES string of the molecule is CC(C)CC(=O)N1CCN(C(=O)c2cccc(Cl)c2)CC1.O=C(O)C(=O)O. The summed E-state index contributed by atoms with van der Waals surface area (Å²) >= 11 is 5.92. The first kappa shape index (κ1) is 22.4. The maximum atomic E-state index is 12.4. The molecule has 0 aromatic heterocycles. The largest absolute Gasteiger partial charge is 0.473 e. The van der Waals surface area contributed by atoms with E-state index in [-0.39, 0.29) is 11.8 Å². The maximum Gasteiger partial charge on any atom is 0.414 e. The molecule has 27 heavy (non-hydrogen) atoms. The fourth-order valence-corrected chi connectivity index (χ4v) is 2.63. The molecule has 1 aromatic rings. The number of carbonyl (C=O) groups is 4. The summed E-state index contributed by atoms with van der Waals surface area (Å²) in [5, 5.41) is 15.3. The molecule has 0 spiro atoms. The lowest BCUT2D eigenvalue weighted by Gasteiger charge is -2.35. The van der Waals surface area contributed by atoms with Gasteiger partial charge in [-0.1, -0.05) is 31.5 Å². The van der Waals surface area contributed by atoms with Gasteiger partial charge in [0.25, 0.3) is 5.91 Å². The Morgan fingerprint density at radius 2 is 1.52 bits per heavy atom. The minimum atomic E-state index is -1.82. The summed E-state index contributed by atoms with van der Waals surface area (Å²) in [6.07, 6.45) is 0.572. The van der Waals surface area contributed by atoms with Gasteiger partial charge < -0.3 is 20.0 Å². The number of hydrogen-bond donors (Lipinski definition) is 2. The van der Waals surface area contributed by atoms with E-state index >= 15 is 0 Å². The Morgan fingerprint density at radius 3 is 1.96 bits per heavy atom. The molecule has 0 bridgehead atoms. The van der Waals surface area contributed by atoms with Crippen LogP contribution in [0.1, 0.15) is 30.6 Å². The van der Waals surface area contributed by atoms with E-state index in [0.29, 0.717) is 49.1 Å².